The largest absolute Gasteiger partial charge is 0.346 e. The van der Waals surface area contributed by atoms with Crippen molar-refractivity contribution >= 4 is 23.3 Å². The molecule has 0 aliphatic rings. The normalized spacial score (nSPS) is 11.7. The summed E-state index contributed by atoms with van der Waals surface area (Å²) in [6, 6.07) is -0.720. The van der Waals surface area contributed by atoms with E-state index in [2.05, 4.69) is 5.32 Å². The third-order valence-corrected chi connectivity index (χ3v) is 2.50. The lowest BCUT2D eigenvalue weighted by molar-refractivity contribution is -0.129. The number of rotatable bonds is 9. The Morgan fingerprint density at radius 1 is 0.889 bits per heavy atom. The van der Waals surface area contributed by atoms with Gasteiger partial charge in [-0.3, -0.25) is 14.4 Å². The van der Waals surface area contributed by atoms with Crippen molar-refractivity contribution in [2.45, 2.75) is 58.9 Å². The van der Waals surface area contributed by atoms with Gasteiger partial charge in [0.25, 0.3) is 0 Å². The molecule has 102 valence electrons. The molecule has 0 fully saturated rings. The Kier molecular flexibility index (Phi) is 7.83. The van der Waals surface area contributed by atoms with Gasteiger partial charge in [-0.2, -0.15) is 0 Å². The van der Waals surface area contributed by atoms with E-state index in [-0.39, 0.29) is 36.1 Å². The van der Waals surface area contributed by atoms with Crippen LogP contribution in [0.1, 0.15) is 52.9 Å². The lowest BCUT2D eigenvalue weighted by Gasteiger charge is -2.14. The van der Waals surface area contributed by atoms with Crippen molar-refractivity contribution in [3.05, 3.63) is 0 Å². The summed E-state index contributed by atoms with van der Waals surface area (Å²) in [6.45, 7) is 4.25. The summed E-state index contributed by atoms with van der Waals surface area (Å²) >= 11 is 0. The molecule has 0 saturated carbocycles. The number of hydrogen-bond acceptors (Lipinski definition) is 4. The number of ketones is 3. The number of unbranched alkanes of at least 4 members (excludes halogenated alkanes) is 1. The van der Waals surface area contributed by atoms with E-state index in [4.69, 9.17) is 0 Å². The van der Waals surface area contributed by atoms with Crippen LogP contribution in [0.4, 0.5) is 0 Å². The van der Waals surface area contributed by atoms with Crippen LogP contribution in [0.3, 0.4) is 0 Å². The van der Waals surface area contributed by atoms with Crippen LogP contribution >= 0.6 is 0 Å². The molecule has 0 radical (unpaired) electrons. The molecular weight excluding hydrogens is 234 g/mol. The van der Waals surface area contributed by atoms with E-state index in [1.165, 1.54) is 20.8 Å². The van der Waals surface area contributed by atoms with Gasteiger partial charge in [0.05, 0.1) is 6.04 Å². The minimum absolute atomic E-state index is 0.0362. The van der Waals surface area contributed by atoms with Gasteiger partial charge in [-0.15, -0.1) is 0 Å². The molecule has 0 aromatic rings. The van der Waals surface area contributed by atoms with E-state index in [1.54, 1.807) is 0 Å². The Balaban J connectivity index is 3.99. The minimum Gasteiger partial charge on any atom is -0.346 e. The van der Waals surface area contributed by atoms with E-state index >= 15 is 0 Å². The maximum Gasteiger partial charge on any atom is 0.220 e. The summed E-state index contributed by atoms with van der Waals surface area (Å²) in [4.78, 5) is 44.4. The molecular formula is C13H21NO4. The van der Waals surface area contributed by atoms with Crippen LogP contribution in [0.25, 0.3) is 0 Å². The molecule has 0 spiro atoms. The van der Waals surface area contributed by atoms with Crippen LogP contribution < -0.4 is 5.32 Å². The van der Waals surface area contributed by atoms with Gasteiger partial charge in [0.1, 0.15) is 11.6 Å². The first-order valence-electron chi connectivity index (χ1n) is 6.11. The lowest BCUT2D eigenvalue weighted by atomic mass is 10.1. The van der Waals surface area contributed by atoms with Gasteiger partial charge in [0.15, 0.2) is 5.78 Å². The standard InChI is InChI=1S/C13H21NO4/c1-9(15)6-4-5-7-13(18)14-12(11(3)17)8-10(2)16/h12H,4-8H2,1-3H3,(H,14,18)/t12-/m0/s1. The number of Topliss-reactive ketones (excluding diaryl/α,β-unsaturated/α-hetero) is 3. The van der Waals surface area contributed by atoms with Crippen LogP contribution in [-0.4, -0.2) is 29.3 Å². The summed E-state index contributed by atoms with van der Waals surface area (Å²) in [5.74, 6) is -0.497. The molecule has 0 heterocycles. The third-order valence-electron chi connectivity index (χ3n) is 2.50. The molecule has 0 bridgehead atoms. The Hall–Kier alpha value is -1.52. The molecule has 1 amide bonds. The monoisotopic (exact) mass is 255 g/mol. The Bertz CT molecular complexity index is 336. The number of nitrogens with one attached hydrogen (secondary N) is 1. The van der Waals surface area contributed by atoms with Gasteiger partial charge >= 0.3 is 0 Å². The zero-order valence-electron chi connectivity index (χ0n) is 11.2. The molecule has 1 atom stereocenters. The first-order valence-corrected chi connectivity index (χ1v) is 6.11. The van der Waals surface area contributed by atoms with E-state index < -0.39 is 6.04 Å². The summed E-state index contributed by atoms with van der Waals surface area (Å²) in [5, 5.41) is 2.54. The van der Waals surface area contributed by atoms with Crippen molar-refractivity contribution in [1.82, 2.24) is 5.32 Å². The van der Waals surface area contributed by atoms with E-state index in [0.717, 1.165) is 0 Å². The van der Waals surface area contributed by atoms with Crippen molar-refractivity contribution in [3.8, 4) is 0 Å². The Labute approximate surface area is 107 Å². The highest BCUT2D eigenvalue weighted by molar-refractivity contribution is 5.91. The molecule has 0 rings (SSSR count). The second-order valence-corrected chi connectivity index (χ2v) is 4.55. The molecule has 1 N–H and O–H groups in total. The van der Waals surface area contributed by atoms with E-state index in [9.17, 15) is 19.2 Å². The van der Waals surface area contributed by atoms with Crippen LogP contribution in [-0.2, 0) is 19.2 Å². The maximum atomic E-state index is 11.5. The van der Waals surface area contributed by atoms with E-state index in [0.29, 0.717) is 19.3 Å². The van der Waals surface area contributed by atoms with Crippen molar-refractivity contribution in [1.29, 1.82) is 0 Å². The van der Waals surface area contributed by atoms with Gasteiger partial charge in [0.2, 0.25) is 5.91 Å². The molecule has 0 unspecified atom stereocenters. The minimum atomic E-state index is -0.720. The summed E-state index contributed by atoms with van der Waals surface area (Å²) < 4.78 is 0. The third kappa shape index (κ3) is 8.61. The maximum absolute atomic E-state index is 11.5. The predicted molar refractivity (Wildman–Crippen MR) is 67.1 cm³/mol. The average Bonchev–Trinajstić information content (AvgIpc) is 2.22. The molecule has 5 nitrogen and oxygen atoms in total. The zero-order chi connectivity index (χ0) is 14.1. The zero-order valence-corrected chi connectivity index (χ0v) is 11.2. The highest BCUT2D eigenvalue weighted by Gasteiger charge is 2.18. The number of amides is 1. The molecule has 0 aromatic carbocycles. The van der Waals surface area contributed by atoms with Crippen LogP contribution in [0, 0.1) is 0 Å². The van der Waals surface area contributed by atoms with Gasteiger partial charge in [-0.1, -0.05) is 0 Å². The van der Waals surface area contributed by atoms with Gasteiger partial charge < -0.3 is 10.1 Å². The molecule has 0 aromatic heterocycles. The molecule has 0 aliphatic heterocycles. The SMILES string of the molecule is CC(=O)CCCCC(=O)N[C@@H](CC(C)=O)C(C)=O. The quantitative estimate of drug-likeness (QED) is 0.627. The lowest BCUT2D eigenvalue weighted by Crippen LogP contribution is -2.40. The van der Waals surface area contributed by atoms with Gasteiger partial charge in [-0.05, 0) is 33.6 Å². The fraction of sp³-hybridized carbons (Fsp3) is 0.692. The summed E-state index contributed by atoms with van der Waals surface area (Å²) in [7, 11) is 0. The fourth-order valence-electron chi connectivity index (χ4n) is 1.51. The topological polar surface area (TPSA) is 80.3 Å². The van der Waals surface area contributed by atoms with Crippen molar-refractivity contribution < 1.29 is 19.2 Å². The van der Waals surface area contributed by atoms with Gasteiger partial charge in [0, 0.05) is 19.3 Å². The highest BCUT2D eigenvalue weighted by atomic mass is 16.2. The number of hydrogen-bond donors (Lipinski definition) is 1. The smallest absolute Gasteiger partial charge is 0.220 e. The Morgan fingerprint density at radius 2 is 1.44 bits per heavy atom. The van der Waals surface area contributed by atoms with E-state index in [1.807, 2.05) is 0 Å². The van der Waals surface area contributed by atoms with Crippen LogP contribution in [0.5, 0.6) is 0 Å². The van der Waals surface area contributed by atoms with Crippen LogP contribution in [0.15, 0.2) is 0 Å². The average molecular weight is 255 g/mol. The first kappa shape index (κ1) is 16.5. The first-order chi connectivity index (χ1) is 8.32. The molecule has 5 heteroatoms. The summed E-state index contributed by atoms with van der Waals surface area (Å²) in [5.41, 5.74) is 0. The number of carbonyl (C=O) groups is 4. The highest BCUT2D eigenvalue weighted by Crippen LogP contribution is 2.02. The molecule has 0 aliphatic carbocycles. The summed E-state index contributed by atoms with van der Waals surface area (Å²) in [6.07, 6.45) is 2.05. The second kappa shape index (κ2) is 8.55. The van der Waals surface area contributed by atoms with Crippen LogP contribution in [0.2, 0.25) is 0 Å². The van der Waals surface area contributed by atoms with Gasteiger partial charge in [-0.25, -0.2) is 0 Å². The number of carbonyl (C=O) groups excluding carboxylic acids is 4. The van der Waals surface area contributed by atoms with Crippen molar-refractivity contribution in [2.24, 2.45) is 0 Å². The second-order valence-electron chi connectivity index (χ2n) is 4.55. The fourth-order valence-corrected chi connectivity index (χ4v) is 1.51. The molecule has 0 saturated heterocycles. The van der Waals surface area contributed by atoms with Crippen molar-refractivity contribution in [3.63, 3.8) is 0 Å². The predicted octanol–water partition coefficient (Wildman–Crippen LogP) is 1.19. The van der Waals surface area contributed by atoms with Crippen molar-refractivity contribution in [2.75, 3.05) is 0 Å². The molecule has 18 heavy (non-hydrogen) atoms. The Morgan fingerprint density at radius 3 is 1.89 bits per heavy atom.